The SMILES string of the molecule is CC1CN(S(=O)(=O)c2ccccc2N)CCO1. The van der Waals surface area contributed by atoms with E-state index in [1.807, 2.05) is 6.92 Å². The quantitative estimate of drug-likeness (QED) is 0.790. The first-order valence-corrected chi connectivity index (χ1v) is 6.92. The van der Waals surface area contributed by atoms with Crippen molar-refractivity contribution in [3.05, 3.63) is 24.3 Å². The van der Waals surface area contributed by atoms with Crippen molar-refractivity contribution in [3.63, 3.8) is 0 Å². The summed E-state index contributed by atoms with van der Waals surface area (Å²) in [6, 6.07) is 6.52. The number of ether oxygens (including phenoxy) is 1. The van der Waals surface area contributed by atoms with Gasteiger partial charge >= 0.3 is 0 Å². The summed E-state index contributed by atoms with van der Waals surface area (Å²) < 4.78 is 31.4. The molecule has 1 saturated heterocycles. The van der Waals surface area contributed by atoms with Crippen LogP contribution in [0, 0.1) is 0 Å². The highest BCUT2D eigenvalue weighted by atomic mass is 32.2. The molecule has 6 heteroatoms. The summed E-state index contributed by atoms with van der Waals surface area (Å²) >= 11 is 0. The Kier molecular flexibility index (Phi) is 3.37. The lowest BCUT2D eigenvalue weighted by atomic mass is 10.3. The van der Waals surface area contributed by atoms with Gasteiger partial charge in [0.05, 0.1) is 18.4 Å². The maximum atomic E-state index is 12.3. The molecule has 0 saturated carbocycles. The van der Waals surface area contributed by atoms with Gasteiger partial charge in [-0.25, -0.2) is 8.42 Å². The second kappa shape index (κ2) is 4.64. The van der Waals surface area contributed by atoms with Crippen LogP contribution in [-0.2, 0) is 14.8 Å². The van der Waals surface area contributed by atoms with E-state index in [1.54, 1.807) is 18.2 Å². The van der Waals surface area contributed by atoms with E-state index in [0.717, 1.165) is 0 Å². The van der Waals surface area contributed by atoms with Gasteiger partial charge in [-0.3, -0.25) is 0 Å². The largest absolute Gasteiger partial charge is 0.398 e. The average molecular weight is 256 g/mol. The van der Waals surface area contributed by atoms with Crippen molar-refractivity contribution >= 4 is 15.7 Å². The van der Waals surface area contributed by atoms with Gasteiger partial charge in [-0.2, -0.15) is 4.31 Å². The van der Waals surface area contributed by atoms with Crippen molar-refractivity contribution in [2.75, 3.05) is 25.4 Å². The second-order valence-corrected chi connectivity index (χ2v) is 5.99. The Labute approximate surface area is 101 Å². The summed E-state index contributed by atoms with van der Waals surface area (Å²) in [4.78, 5) is 0.175. The molecule has 0 bridgehead atoms. The third kappa shape index (κ3) is 2.43. The topological polar surface area (TPSA) is 72.6 Å². The monoisotopic (exact) mass is 256 g/mol. The zero-order chi connectivity index (χ0) is 12.5. The van der Waals surface area contributed by atoms with E-state index in [4.69, 9.17) is 10.5 Å². The Morgan fingerprint density at radius 2 is 2.12 bits per heavy atom. The number of nitrogens with zero attached hydrogens (tertiary/aromatic N) is 1. The molecule has 1 heterocycles. The van der Waals surface area contributed by atoms with Crippen LogP contribution in [0.5, 0.6) is 0 Å². The van der Waals surface area contributed by atoms with Gasteiger partial charge in [-0.15, -0.1) is 0 Å². The fourth-order valence-electron chi connectivity index (χ4n) is 1.86. The van der Waals surface area contributed by atoms with E-state index >= 15 is 0 Å². The predicted molar refractivity (Wildman–Crippen MR) is 65.0 cm³/mol. The molecular weight excluding hydrogens is 240 g/mol. The van der Waals surface area contributed by atoms with Gasteiger partial charge in [-0.1, -0.05) is 12.1 Å². The minimum Gasteiger partial charge on any atom is -0.398 e. The zero-order valence-electron chi connectivity index (χ0n) is 9.67. The minimum atomic E-state index is -3.50. The summed E-state index contributed by atoms with van der Waals surface area (Å²) in [6.45, 7) is 3.03. The van der Waals surface area contributed by atoms with E-state index in [2.05, 4.69) is 0 Å². The van der Waals surface area contributed by atoms with Crippen molar-refractivity contribution in [1.82, 2.24) is 4.31 Å². The van der Waals surface area contributed by atoms with Crippen molar-refractivity contribution in [2.45, 2.75) is 17.9 Å². The zero-order valence-corrected chi connectivity index (χ0v) is 10.5. The third-order valence-electron chi connectivity index (χ3n) is 2.74. The fraction of sp³-hybridized carbons (Fsp3) is 0.455. The number of morpholine rings is 1. The molecule has 0 radical (unpaired) electrons. The summed E-state index contributed by atoms with van der Waals surface area (Å²) in [5.74, 6) is 0. The van der Waals surface area contributed by atoms with E-state index in [1.165, 1.54) is 10.4 Å². The number of para-hydroxylation sites is 1. The average Bonchev–Trinajstić information content (AvgIpc) is 2.29. The lowest BCUT2D eigenvalue weighted by molar-refractivity contribution is 0.0102. The highest BCUT2D eigenvalue weighted by Crippen LogP contribution is 2.23. The molecule has 17 heavy (non-hydrogen) atoms. The molecule has 94 valence electrons. The molecular formula is C11H16N2O3S. The molecule has 5 nitrogen and oxygen atoms in total. The van der Waals surface area contributed by atoms with Crippen molar-refractivity contribution in [1.29, 1.82) is 0 Å². The highest BCUT2D eigenvalue weighted by molar-refractivity contribution is 7.89. The summed E-state index contributed by atoms with van der Waals surface area (Å²) in [6.07, 6.45) is -0.0801. The minimum absolute atomic E-state index is 0.0801. The first-order valence-electron chi connectivity index (χ1n) is 5.48. The summed E-state index contributed by atoms with van der Waals surface area (Å²) in [5, 5.41) is 0. The molecule has 1 aliphatic heterocycles. The Morgan fingerprint density at radius 3 is 2.76 bits per heavy atom. The van der Waals surface area contributed by atoms with Crippen LogP contribution in [0.4, 0.5) is 5.69 Å². The van der Waals surface area contributed by atoms with Crippen LogP contribution in [0.15, 0.2) is 29.2 Å². The van der Waals surface area contributed by atoms with Crippen LogP contribution >= 0.6 is 0 Å². The van der Waals surface area contributed by atoms with Crippen LogP contribution in [0.3, 0.4) is 0 Å². The standard InChI is InChI=1S/C11H16N2O3S/c1-9-8-13(6-7-16-9)17(14,15)11-5-3-2-4-10(11)12/h2-5,9H,6-8,12H2,1H3. The first-order chi connectivity index (χ1) is 8.01. The molecule has 0 amide bonds. The molecule has 1 unspecified atom stereocenters. The van der Waals surface area contributed by atoms with Gasteiger partial charge in [0.1, 0.15) is 4.90 Å². The predicted octanol–water partition coefficient (Wildman–Crippen LogP) is 0.678. The number of anilines is 1. The number of hydrogen-bond donors (Lipinski definition) is 1. The molecule has 0 spiro atoms. The van der Waals surface area contributed by atoms with E-state index in [0.29, 0.717) is 19.7 Å². The Bertz CT molecular complexity index is 501. The van der Waals surface area contributed by atoms with Gasteiger partial charge in [-0.05, 0) is 19.1 Å². The van der Waals surface area contributed by atoms with Crippen LogP contribution in [0.25, 0.3) is 0 Å². The highest BCUT2D eigenvalue weighted by Gasteiger charge is 2.30. The maximum Gasteiger partial charge on any atom is 0.245 e. The maximum absolute atomic E-state index is 12.3. The molecule has 1 fully saturated rings. The van der Waals surface area contributed by atoms with Gasteiger partial charge in [0.2, 0.25) is 10.0 Å². The van der Waals surface area contributed by atoms with Crippen LogP contribution in [0.1, 0.15) is 6.92 Å². The Morgan fingerprint density at radius 1 is 1.41 bits per heavy atom. The molecule has 1 atom stereocenters. The molecule has 2 rings (SSSR count). The fourth-order valence-corrected chi connectivity index (χ4v) is 3.47. The number of benzene rings is 1. The van der Waals surface area contributed by atoms with E-state index in [9.17, 15) is 8.42 Å². The number of rotatable bonds is 2. The van der Waals surface area contributed by atoms with Gasteiger partial charge in [0, 0.05) is 13.1 Å². The third-order valence-corrected chi connectivity index (χ3v) is 4.68. The van der Waals surface area contributed by atoms with Gasteiger partial charge < -0.3 is 10.5 Å². The molecule has 2 N–H and O–H groups in total. The lowest BCUT2D eigenvalue weighted by Crippen LogP contribution is -2.44. The number of hydrogen-bond acceptors (Lipinski definition) is 4. The molecule has 0 aliphatic carbocycles. The summed E-state index contributed by atoms with van der Waals surface area (Å²) in [5.41, 5.74) is 5.99. The van der Waals surface area contributed by atoms with E-state index < -0.39 is 10.0 Å². The molecule has 1 aliphatic rings. The number of sulfonamides is 1. The van der Waals surface area contributed by atoms with Gasteiger partial charge in [0.15, 0.2) is 0 Å². The number of nitrogens with two attached hydrogens (primary N) is 1. The van der Waals surface area contributed by atoms with Crippen molar-refractivity contribution < 1.29 is 13.2 Å². The Hall–Kier alpha value is -1.11. The van der Waals surface area contributed by atoms with Gasteiger partial charge in [0.25, 0.3) is 0 Å². The van der Waals surface area contributed by atoms with Crippen LogP contribution < -0.4 is 5.73 Å². The lowest BCUT2D eigenvalue weighted by Gasteiger charge is -2.30. The molecule has 0 aromatic heterocycles. The Balaban J connectivity index is 2.33. The van der Waals surface area contributed by atoms with Crippen molar-refractivity contribution in [2.24, 2.45) is 0 Å². The first kappa shape index (κ1) is 12.3. The van der Waals surface area contributed by atoms with Crippen LogP contribution in [0.2, 0.25) is 0 Å². The van der Waals surface area contributed by atoms with E-state index in [-0.39, 0.29) is 16.7 Å². The summed E-state index contributed by atoms with van der Waals surface area (Å²) in [7, 11) is -3.50. The normalized spacial score (nSPS) is 22.5. The second-order valence-electron chi connectivity index (χ2n) is 4.08. The number of nitrogen functional groups attached to an aromatic ring is 1. The van der Waals surface area contributed by atoms with Crippen LogP contribution in [-0.4, -0.2) is 38.5 Å². The molecule has 1 aromatic rings. The van der Waals surface area contributed by atoms with Crippen molar-refractivity contribution in [3.8, 4) is 0 Å². The smallest absolute Gasteiger partial charge is 0.245 e. The molecule has 1 aromatic carbocycles.